The second-order valence-electron chi connectivity index (χ2n) is 6.10. The van der Waals surface area contributed by atoms with E-state index >= 15 is 0 Å². The summed E-state index contributed by atoms with van der Waals surface area (Å²) < 4.78 is 6.24. The van der Waals surface area contributed by atoms with E-state index in [4.69, 9.17) is 9.72 Å². The third-order valence-corrected chi connectivity index (χ3v) is 5.52. The van der Waals surface area contributed by atoms with Gasteiger partial charge in [-0.15, -0.1) is 11.3 Å². The fourth-order valence-electron chi connectivity index (χ4n) is 2.72. The van der Waals surface area contributed by atoms with Gasteiger partial charge in [-0.25, -0.2) is 14.6 Å². The van der Waals surface area contributed by atoms with Crippen LogP contribution in [0.1, 0.15) is 24.9 Å². The number of benzene rings is 1. The van der Waals surface area contributed by atoms with Crippen LogP contribution in [-0.4, -0.2) is 48.6 Å². The third-order valence-electron chi connectivity index (χ3n) is 4.31. The molecule has 2 aromatic rings. The summed E-state index contributed by atoms with van der Waals surface area (Å²) in [5, 5.41) is 6.35. The van der Waals surface area contributed by atoms with Crippen LogP contribution in [0.25, 0.3) is 10.2 Å². The number of rotatable bonds is 6. The van der Waals surface area contributed by atoms with E-state index in [9.17, 15) is 9.59 Å². The molecule has 2 N–H and O–H groups in total. The Kier molecular flexibility index (Phi) is 5.53. The van der Waals surface area contributed by atoms with Crippen LogP contribution in [0.4, 0.5) is 4.79 Å². The molecule has 0 unspecified atom stereocenters. The molecule has 0 saturated heterocycles. The maximum atomic E-state index is 12.2. The SMILES string of the molecule is CCOC(=O)C1=C(CN(C)[C@H](C)c2nc3ccccc3s2)NC(=O)NC1. The first kappa shape index (κ1) is 18.3. The fraction of sp³-hybridized carbons (Fsp3) is 0.389. The van der Waals surface area contributed by atoms with Crippen molar-refractivity contribution >= 4 is 33.6 Å². The number of nitrogens with zero attached hydrogens (tertiary/aromatic N) is 2. The maximum absolute atomic E-state index is 12.2. The Bertz CT molecular complexity index is 828. The van der Waals surface area contributed by atoms with Gasteiger partial charge in [0.1, 0.15) is 5.01 Å². The molecule has 0 spiro atoms. The standard InChI is InChI=1S/C18H22N4O3S/c1-4-25-17(23)12-9-19-18(24)21-14(12)10-22(3)11(2)16-20-13-7-5-6-8-15(13)26-16/h5-8,11H,4,9-10H2,1-3H3,(H2,19,21,24)/t11-/m1/s1. The van der Waals surface area contributed by atoms with Crippen molar-refractivity contribution in [1.82, 2.24) is 20.5 Å². The van der Waals surface area contributed by atoms with E-state index in [1.165, 1.54) is 0 Å². The highest BCUT2D eigenvalue weighted by Crippen LogP contribution is 2.29. The second-order valence-corrected chi connectivity index (χ2v) is 7.16. The van der Waals surface area contributed by atoms with Crippen LogP contribution in [0.15, 0.2) is 35.5 Å². The normalized spacial score (nSPS) is 15.8. The number of fused-ring (bicyclic) bond motifs is 1. The average Bonchev–Trinajstić information content (AvgIpc) is 3.05. The lowest BCUT2D eigenvalue weighted by Gasteiger charge is -2.28. The summed E-state index contributed by atoms with van der Waals surface area (Å²) >= 11 is 1.65. The first-order valence-electron chi connectivity index (χ1n) is 8.49. The summed E-state index contributed by atoms with van der Waals surface area (Å²) in [6.07, 6.45) is 0. The molecule has 138 valence electrons. The molecule has 1 aromatic heterocycles. The van der Waals surface area contributed by atoms with Gasteiger partial charge in [-0.3, -0.25) is 4.90 Å². The first-order valence-corrected chi connectivity index (χ1v) is 9.31. The van der Waals surface area contributed by atoms with Crippen molar-refractivity contribution in [3.8, 4) is 0 Å². The minimum absolute atomic E-state index is 0.0372. The van der Waals surface area contributed by atoms with E-state index in [1.54, 1.807) is 18.3 Å². The zero-order valence-electron chi connectivity index (χ0n) is 15.0. The molecule has 1 aliphatic heterocycles. The molecule has 2 heterocycles. The van der Waals surface area contributed by atoms with Crippen molar-refractivity contribution in [2.75, 3.05) is 26.7 Å². The lowest BCUT2D eigenvalue weighted by atomic mass is 10.1. The van der Waals surface area contributed by atoms with Crippen LogP contribution in [0, 0.1) is 0 Å². The predicted octanol–water partition coefficient (Wildman–Crippen LogP) is 2.42. The number of hydrogen-bond acceptors (Lipinski definition) is 6. The number of carbonyl (C=O) groups is 2. The molecule has 1 atom stereocenters. The minimum atomic E-state index is -0.406. The lowest BCUT2D eigenvalue weighted by Crippen LogP contribution is -2.46. The van der Waals surface area contributed by atoms with Crippen LogP contribution in [0.5, 0.6) is 0 Å². The van der Waals surface area contributed by atoms with Gasteiger partial charge in [-0.1, -0.05) is 12.1 Å². The maximum Gasteiger partial charge on any atom is 0.337 e. The first-order chi connectivity index (χ1) is 12.5. The summed E-state index contributed by atoms with van der Waals surface area (Å²) in [6.45, 7) is 4.70. The topological polar surface area (TPSA) is 83.6 Å². The summed E-state index contributed by atoms with van der Waals surface area (Å²) in [5.74, 6) is -0.406. The Hall–Kier alpha value is -2.45. The minimum Gasteiger partial charge on any atom is -0.463 e. The van der Waals surface area contributed by atoms with Crippen molar-refractivity contribution in [3.05, 3.63) is 40.5 Å². The summed E-state index contributed by atoms with van der Waals surface area (Å²) in [7, 11) is 1.95. The molecule has 0 radical (unpaired) electrons. The molecular weight excluding hydrogens is 352 g/mol. The zero-order chi connectivity index (χ0) is 18.7. The Labute approximate surface area is 156 Å². The molecule has 1 aliphatic rings. The summed E-state index contributed by atoms with van der Waals surface area (Å²) in [6, 6.07) is 7.75. The highest BCUT2D eigenvalue weighted by Gasteiger charge is 2.26. The van der Waals surface area contributed by atoms with Crippen molar-refractivity contribution in [2.45, 2.75) is 19.9 Å². The number of nitrogens with one attached hydrogen (secondary N) is 2. The number of likely N-dealkylation sites (N-methyl/N-ethyl adjacent to an activating group) is 1. The van der Waals surface area contributed by atoms with Crippen LogP contribution < -0.4 is 10.6 Å². The number of hydrogen-bond donors (Lipinski definition) is 2. The average molecular weight is 374 g/mol. The van der Waals surface area contributed by atoms with Gasteiger partial charge in [-0.2, -0.15) is 0 Å². The van der Waals surface area contributed by atoms with Crippen LogP contribution in [0.3, 0.4) is 0 Å². The molecule has 1 aromatic carbocycles. The van der Waals surface area contributed by atoms with Gasteiger partial charge >= 0.3 is 12.0 Å². The largest absolute Gasteiger partial charge is 0.463 e. The Balaban J connectivity index is 1.80. The van der Waals surface area contributed by atoms with Gasteiger partial charge in [0.05, 0.1) is 35.0 Å². The van der Waals surface area contributed by atoms with Gasteiger partial charge in [0, 0.05) is 12.2 Å². The van der Waals surface area contributed by atoms with E-state index in [0.717, 1.165) is 15.2 Å². The van der Waals surface area contributed by atoms with Gasteiger partial charge in [-0.05, 0) is 33.0 Å². The van der Waals surface area contributed by atoms with Crippen LogP contribution in [-0.2, 0) is 9.53 Å². The molecule has 0 bridgehead atoms. The van der Waals surface area contributed by atoms with Crippen molar-refractivity contribution in [2.24, 2.45) is 0 Å². The van der Waals surface area contributed by atoms with E-state index in [0.29, 0.717) is 24.4 Å². The molecule has 0 fully saturated rings. The molecule has 7 nitrogen and oxygen atoms in total. The van der Waals surface area contributed by atoms with Crippen LogP contribution >= 0.6 is 11.3 Å². The number of thiazole rings is 1. The Morgan fingerprint density at radius 2 is 2.19 bits per heavy atom. The van der Waals surface area contributed by atoms with Gasteiger partial charge < -0.3 is 15.4 Å². The zero-order valence-corrected chi connectivity index (χ0v) is 15.9. The van der Waals surface area contributed by atoms with Crippen molar-refractivity contribution in [1.29, 1.82) is 0 Å². The molecule has 0 saturated carbocycles. The number of carbonyl (C=O) groups excluding carboxylic acids is 2. The number of para-hydroxylation sites is 1. The number of amides is 2. The highest BCUT2D eigenvalue weighted by atomic mass is 32.1. The molecular formula is C18H22N4O3S. The molecule has 2 amide bonds. The predicted molar refractivity (Wildman–Crippen MR) is 101 cm³/mol. The van der Waals surface area contributed by atoms with Crippen molar-refractivity contribution in [3.63, 3.8) is 0 Å². The highest BCUT2D eigenvalue weighted by molar-refractivity contribution is 7.18. The van der Waals surface area contributed by atoms with Crippen LogP contribution in [0.2, 0.25) is 0 Å². The number of urea groups is 1. The van der Waals surface area contributed by atoms with Gasteiger partial charge in [0.25, 0.3) is 0 Å². The summed E-state index contributed by atoms with van der Waals surface area (Å²) in [5.41, 5.74) is 2.01. The summed E-state index contributed by atoms with van der Waals surface area (Å²) in [4.78, 5) is 30.6. The molecule has 8 heteroatoms. The molecule has 26 heavy (non-hydrogen) atoms. The van der Waals surface area contributed by atoms with E-state index in [-0.39, 0.29) is 18.6 Å². The Morgan fingerprint density at radius 1 is 1.42 bits per heavy atom. The monoisotopic (exact) mass is 374 g/mol. The number of esters is 1. The molecule has 0 aliphatic carbocycles. The number of ether oxygens (including phenoxy) is 1. The third kappa shape index (κ3) is 3.86. The van der Waals surface area contributed by atoms with Gasteiger partial charge in [0.2, 0.25) is 0 Å². The van der Waals surface area contributed by atoms with Gasteiger partial charge in [0.15, 0.2) is 0 Å². The lowest BCUT2D eigenvalue weighted by molar-refractivity contribution is -0.138. The number of aromatic nitrogens is 1. The van der Waals surface area contributed by atoms with E-state index in [2.05, 4.69) is 28.5 Å². The second kappa shape index (κ2) is 7.84. The molecule has 3 rings (SSSR count). The van der Waals surface area contributed by atoms with E-state index < -0.39 is 5.97 Å². The fourth-order valence-corrected chi connectivity index (χ4v) is 3.81. The quantitative estimate of drug-likeness (QED) is 0.759. The Morgan fingerprint density at radius 3 is 2.92 bits per heavy atom. The van der Waals surface area contributed by atoms with E-state index in [1.807, 2.05) is 25.2 Å². The smallest absolute Gasteiger partial charge is 0.337 e. The van der Waals surface area contributed by atoms with Crippen molar-refractivity contribution < 1.29 is 14.3 Å².